The molecule has 2 aromatic heterocycles. The number of hydrogen-bond donors (Lipinski definition) is 1. The molecule has 4 rings (SSSR count). The van der Waals surface area contributed by atoms with Gasteiger partial charge in [0.25, 0.3) is 0 Å². The highest BCUT2D eigenvalue weighted by molar-refractivity contribution is 8.00. The summed E-state index contributed by atoms with van der Waals surface area (Å²) in [5.74, 6) is -0.188. The van der Waals surface area contributed by atoms with E-state index in [-0.39, 0.29) is 16.9 Å². The Morgan fingerprint density at radius 1 is 1.07 bits per heavy atom. The molecular weight excluding hydrogens is 414 g/mol. The summed E-state index contributed by atoms with van der Waals surface area (Å²) in [4.78, 5) is 34.1. The van der Waals surface area contributed by atoms with Crippen molar-refractivity contribution in [3.05, 3.63) is 71.9 Å². The summed E-state index contributed by atoms with van der Waals surface area (Å²) in [6, 6.07) is 17.1. The number of ketones is 1. The number of nitrogens with zero attached hydrogens (tertiary/aromatic N) is 2. The summed E-state index contributed by atoms with van der Waals surface area (Å²) >= 11 is 2.97. The molecule has 2 heterocycles. The van der Waals surface area contributed by atoms with Crippen LogP contribution in [0.4, 0.5) is 5.69 Å². The third kappa shape index (κ3) is 4.27. The third-order valence-electron chi connectivity index (χ3n) is 4.61. The van der Waals surface area contributed by atoms with Crippen LogP contribution in [-0.2, 0) is 4.79 Å². The van der Waals surface area contributed by atoms with Gasteiger partial charge in [-0.15, -0.1) is 11.3 Å². The number of amides is 1. The number of nitrogens with one attached hydrogen (secondary N) is 1. The Bertz CT molecular complexity index is 1220. The van der Waals surface area contributed by atoms with Crippen LogP contribution in [0.5, 0.6) is 0 Å². The monoisotopic (exact) mass is 433 g/mol. The second-order valence-electron chi connectivity index (χ2n) is 6.76. The summed E-state index contributed by atoms with van der Waals surface area (Å²) in [6.07, 6.45) is 1.54. The average Bonchev–Trinajstić information content (AvgIpc) is 3.20. The number of thioether (sulfide) groups is 1. The minimum absolute atomic E-state index is 0.0391. The lowest BCUT2D eigenvalue weighted by molar-refractivity contribution is -0.115. The van der Waals surface area contributed by atoms with Crippen molar-refractivity contribution >= 4 is 50.7 Å². The molecule has 0 saturated carbocycles. The number of benzene rings is 2. The number of hydrogen-bond acceptors (Lipinski definition) is 6. The Hall–Kier alpha value is -3.03. The summed E-state index contributed by atoms with van der Waals surface area (Å²) in [6.45, 7) is 3.35. The fourth-order valence-electron chi connectivity index (χ4n) is 3.05. The lowest BCUT2D eigenvalue weighted by Gasteiger charge is -2.13. The number of Topliss-reactive ketones (excluding diaryl/α,β-unsaturated/α-hetero) is 1. The second kappa shape index (κ2) is 8.77. The van der Waals surface area contributed by atoms with Crippen molar-refractivity contribution in [2.45, 2.75) is 24.1 Å². The maximum atomic E-state index is 12.8. The fraction of sp³-hybridized carbons (Fsp3) is 0.130. The standard InChI is InChI=1S/C23H19N3O2S2/c1-14(27)17-9-6-10-18(11-17)26-21(28)15(2)30-23-20-19(16-7-4-3-5-8-16)12-29-22(20)24-13-25-23/h3-13,15H,1-2H3,(H,26,28). The Labute approximate surface area is 182 Å². The number of anilines is 1. The van der Waals surface area contributed by atoms with Gasteiger partial charge in [0, 0.05) is 22.2 Å². The molecule has 0 aliphatic rings. The van der Waals surface area contributed by atoms with E-state index in [4.69, 9.17) is 0 Å². The lowest BCUT2D eigenvalue weighted by Crippen LogP contribution is -2.22. The van der Waals surface area contributed by atoms with E-state index >= 15 is 0 Å². The molecule has 2 aromatic carbocycles. The normalized spacial score (nSPS) is 11.9. The molecule has 0 spiro atoms. The van der Waals surface area contributed by atoms with Crippen LogP contribution in [0, 0.1) is 0 Å². The zero-order valence-corrected chi connectivity index (χ0v) is 18.1. The maximum Gasteiger partial charge on any atom is 0.237 e. The van der Waals surface area contributed by atoms with E-state index in [1.165, 1.54) is 25.0 Å². The molecule has 5 nitrogen and oxygen atoms in total. The van der Waals surface area contributed by atoms with Crippen molar-refractivity contribution in [1.29, 1.82) is 0 Å². The van der Waals surface area contributed by atoms with Gasteiger partial charge in [-0.1, -0.05) is 54.2 Å². The summed E-state index contributed by atoms with van der Waals surface area (Å²) in [5.41, 5.74) is 3.34. The molecule has 0 bridgehead atoms. The Kier molecular flexibility index (Phi) is 5.92. The van der Waals surface area contributed by atoms with Crippen LogP contribution in [0.3, 0.4) is 0 Å². The molecule has 0 aliphatic carbocycles. The first-order valence-electron chi connectivity index (χ1n) is 9.39. The molecule has 1 atom stereocenters. The van der Waals surface area contributed by atoms with Crippen LogP contribution in [-0.4, -0.2) is 26.9 Å². The number of aromatic nitrogens is 2. The molecule has 0 saturated heterocycles. The molecule has 30 heavy (non-hydrogen) atoms. The highest BCUT2D eigenvalue weighted by atomic mass is 32.2. The number of carbonyl (C=O) groups excluding carboxylic acids is 2. The highest BCUT2D eigenvalue weighted by Crippen LogP contribution is 2.39. The van der Waals surface area contributed by atoms with Gasteiger partial charge in [-0.3, -0.25) is 9.59 Å². The van der Waals surface area contributed by atoms with E-state index < -0.39 is 0 Å². The molecule has 7 heteroatoms. The molecule has 1 N–H and O–H groups in total. The first-order chi connectivity index (χ1) is 14.5. The molecular formula is C23H19N3O2S2. The predicted molar refractivity (Wildman–Crippen MR) is 123 cm³/mol. The fourth-order valence-corrected chi connectivity index (χ4v) is 4.96. The quantitative estimate of drug-likeness (QED) is 0.241. The van der Waals surface area contributed by atoms with Crippen molar-refractivity contribution in [2.24, 2.45) is 0 Å². The molecule has 150 valence electrons. The van der Waals surface area contributed by atoms with Crippen LogP contribution in [0.1, 0.15) is 24.2 Å². The van der Waals surface area contributed by atoms with Crippen molar-refractivity contribution in [1.82, 2.24) is 9.97 Å². The summed E-state index contributed by atoms with van der Waals surface area (Å²) < 4.78 is 0. The van der Waals surface area contributed by atoms with Crippen LogP contribution >= 0.6 is 23.1 Å². The average molecular weight is 434 g/mol. The Morgan fingerprint density at radius 2 is 1.87 bits per heavy atom. The second-order valence-corrected chi connectivity index (χ2v) is 8.95. The van der Waals surface area contributed by atoms with Crippen molar-refractivity contribution in [3.8, 4) is 11.1 Å². The van der Waals surface area contributed by atoms with E-state index in [1.807, 2.05) is 25.1 Å². The smallest absolute Gasteiger partial charge is 0.237 e. The number of rotatable bonds is 6. The summed E-state index contributed by atoms with van der Waals surface area (Å²) in [7, 11) is 0. The Balaban J connectivity index is 1.58. The van der Waals surface area contributed by atoms with E-state index in [9.17, 15) is 9.59 Å². The van der Waals surface area contributed by atoms with Gasteiger partial charge < -0.3 is 5.32 Å². The van der Waals surface area contributed by atoms with Gasteiger partial charge in [0.2, 0.25) is 5.91 Å². The van der Waals surface area contributed by atoms with Crippen molar-refractivity contribution < 1.29 is 9.59 Å². The third-order valence-corrected chi connectivity index (χ3v) is 6.60. The van der Waals surface area contributed by atoms with Gasteiger partial charge >= 0.3 is 0 Å². The van der Waals surface area contributed by atoms with Crippen LogP contribution in [0.25, 0.3) is 21.3 Å². The highest BCUT2D eigenvalue weighted by Gasteiger charge is 2.20. The molecule has 0 radical (unpaired) electrons. The van der Waals surface area contributed by atoms with E-state index in [0.717, 1.165) is 26.4 Å². The topological polar surface area (TPSA) is 72.0 Å². The molecule has 0 aliphatic heterocycles. The predicted octanol–water partition coefficient (Wildman–Crippen LogP) is 5.68. The first kappa shape index (κ1) is 20.3. The molecule has 0 fully saturated rings. The van der Waals surface area contributed by atoms with Gasteiger partial charge in [0.15, 0.2) is 5.78 Å². The number of carbonyl (C=O) groups is 2. The minimum atomic E-state index is -0.382. The number of thiophene rings is 1. The molecule has 1 unspecified atom stereocenters. The van der Waals surface area contributed by atoms with Crippen molar-refractivity contribution in [3.63, 3.8) is 0 Å². The summed E-state index contributed by atoms with van der Waals surface area (Å²) in [5, 5.41) is 6.34. The Morgan fingerprint density at radius 3 is 2.63 bits per heavy atom. The molecule has 4 aromatic rings. The van der Waals surface area contributed by atoms with Gasteiger partial charge in [-0.05, 0) is 31.5 Å². The van der Waals surface area contributed by atoms with Crippen LogP contribution in [0.2, 0.25) is 0 Å². The number of fused-ring (bicyclic) bond motifs is 1. The van der Waals surface area contributed by atoms with E-state index in [0.29, 0.717) is 11.3 Å². The van der Waals surface area contributed by atoms with Crippen molar-refractivity contribution in [2.75, 3.05) is 5.32 Å². The van der Waals surface area contributed by atoms with Gasteiger partial charge in [0.05, 0.1) is 10.6 Å². The van der Waals surface area contributed by atoms with Crippen LogP contribution < -0.4 is 5.32 Å². The zero-order valence-electron chi connectivity index (χ0n) is 16.5. The SMILES string of the molecule is CC(=O)c1cccc(NC(=O)C(C)Sc2ncnc3scc(-c4ccccc4)c23)c1. The minimum Gasteiger partial charge on any atom is -0.325 e. The van der Waals surface area contributed by atoms with E-state index in [2.05, 4.69) is 32.8 Å². The van der Waals surface area contributed by atoms with Gasteiger partial charge in [0.1, 0.15) is 16.2 Å². The zero-order chi connectivity index (χ0) is 21.1. The lowest BCUT2D eigenvalue weighted by atomic mass is 10.1. The van der Waals surface area contributed by atoms with Crippen LogP contribution in [0.15, 0.2) is 71.3 Å². The van der Waals surface area contributed by atoms with Gasteiger partial charge in [-0.2, -0.15) is 0 Å². The maximum absolute atomic E-state index is 12.8. The van der Waals surface area contributed by atoms with Gasteiger partial charge in [-0.25, -0.2) is 9.97 Å². The largest absolute Gasteiger partial charge is 0.325 e. The first-order valence-corrected chi connectivity index (χ1v) is 11.1. The molecule has 1 amide bonds. The van der Waals surface area contributed by atoms with E-state index in [1.54, 1.807) is 35.6 Å².